The molecule has 1 saturated heterocycles. The first-order valence-electron chi connectivity index (χ1n) is 5.73. The van der Waals surface area contributed by atoms with Crippen molar-refractivity contribution in [3.05, 3.63) is 0 Å². The van der Waals surface area contributed by atoms with Crippen LogP contribution in [-0.4, -0.2) is 28.9 Å². The van der Waals surface area contributed by atoms with E-state index in [1.54, 1.807) is 7.05 Å². The molecule has 1 amide bonds. The van der Waals surface area contributed by atoms with Crippen molar-refractivity contribution in [1.82, 2.24) is 5.06 Å². The molecule has 0 aromatic rings. The van der Waals surface area contributed by atoms with Gasteiger partial charge >= 0.3 is 5.24 Å². The minimum absolute atomic E-state index is 0.0511. The molecule has 2 fully saturated rings. The Labute approximate surface area is 101 Å². The van der Waals surface area contributed by atoms with Crippen LogP contribution in [0.5, 0.6) is 0 Å². The Hall–Kier alpha value is -0.840. The van der Waals surface area contributed by atoms with Gasteiger partial charge in [-0.15, -0.1) is 0 Å². The van der Waals surface area contributed by atoms with Crippen molar-refractivity contribution < 1.29 is 14.4 Å². The first-order chi connectivity index (χ1) is 7.54. The number of carbonyl (C=O) groups excluding carboxylic acids is 1. The van der Waals surface area contributed by atoms with Gasteiger partial charge in [-0.25, -0.2) is 0 Å². The quantitative estimate of drug-likeness (QED) is 0.661. The van der Waals surface area contributed by atoms with Gasteiger partial charge < -0.3 is 9.57 Å². The van der Waals surface area contributed by atoms with Gasteiger partial charge in [0.15, 0.2) is 5.60 Å². The van der Waals surface area contributed by atoms with Crippen LogP contribution in [0, 0.1) is 5.92 Å². The third-order valence-electron chi connectivity index (χ3n) is 3.60. The number of hydroxylamine groups is 2. The third-order valence-corrected chi connectivity index (χ3v) is 3.76. The van der Waals surface area contributed by atoms with Crippen LogP contribution in [-0.2, 0) is 14.4 Å². The highest BCUT2D eigenvalue weighted by molar-refractivity contribution is 7.79. The largest absolute Gasteiger partial charge is 0.438 e. The third kappa shape index (κ3) is 1.88. The molecule has 1 aliphatic heterocycles. The summed E-state index contributed by atoms with van der Waals surface area (Å²) in [6.07, 6.45) is 5.62. The van der Waals surface area contributed by atoms with Crippen molar-refractivity contribution in [3.63, 3.8) is 0 Å². The number of amides is 1. The van der Waals surface area contributed by atoms with E-state index in [2.05, 4.69) is 0 Å². The summed E-state index contributed by atoms with van der Waals surface area (Å²) >= 11 is 4.92. The van der Waals surface area contributed by atoms with Crippen LogP contribution in [0.2, 0.25) is 0 Å². The molecular formula is C11H17NO3S. The van der Waals surface area contributed by atoms with E-state index in [9.17, 15) is 4.79 Å². The second-order valence-corrected chi connectivity index (χ2v) is 5.02. The maximum absolute atomic E-state index is 12.1. The highest BCUT2D eigenvalue weighted by Gasteiger charge is 2.50. The molecular weight excluding hydrogens is 226 g/mol. The molecule has 0 spiro atoms. The Morgan fingerprint density at radius 2 is 2.00 bits per heavy atom. The van der Waals surface area contributed by atoms with E-state index in [1.165, 1.54) is 11.5 Å². The van der Waals surface area contributed by atoms with Crippen molar-refractivity contribution in [2.24, 2.45) is 5.92 Å². The molecule has 1 saturated carbocycles. The maximum atomic E-state index is 12.1. The monoisotopic (exact) mass is 243 g/mol. The highest BCUT2D eigenvalue weighted by atomic mass is 32.1. The normalized spacial score (nSPS) is 32.2. The van der Waals surface area contributed by atoms with Crippen molar-refractivity contribution in [2.45, 2.75) is 44.6 Å². The van der Waals surface area contributed by atoms with Gasteiger partial charge in [0.1, 0.15) is 0 Å². The zero-order chi connectivity index (χ0) is 11.8. The minimum atomic E-state index is -0.829. The smallest absolute Gasteiger partial charge is 0.378 e. The van der Waals surface area contributed by atoms with Gasteiger partial charge in [0.2, 0.25) is 0 Å². The lowest BCUT2D eigenvalue weighted by molar-refractivity contribution is -0.205. The molecule has 0 aromatic carbocycles. The summed E-state index contributed by atoms with van der Waals surface area (Å²) < 4.78 is 5.51. The van der Waals surface area contributed by atoms with E-state index in [1.807, 2.05) is 6.92 Å². The molecule has 5 heteroatoms. The molecule has 2 aliphatic rings. The first kappa shape index (κ1) is 11.6. The maximum Gasteiger partial charge on any atom is 0.378 e. The molecule has 1 atom stereocenters. The van der Waals surface area contributed by atoms with Gasteiger partial charge in [0, 0.05) is 25.2 Å². The number of hydrogen-bond acceptors (Lipinski definition) is 4. The number of ether oxygens (including phenoxy) is 1. The van der Waals surface area contributed by atoms with Crippen LogP contribution in [0.4, 0.5) is 0 Å². The summed E-state index contributed by atoms with van der Waals surface area (Å²) in [4.78, 5) is 17.1. The molecule has 1 heterocycles. The van der Waals surface area contributed by atoms with Gasteiger partial charge in [-0.05, 0) is 19.8 Å². The topological polar surface area (TPSA) is 38.8 Å². The molecule has 1 unspecified atom stereocenters. The van der Waals surface area contributed by atoms with Crippen molar-refractivity contribution in [1.29, 1.82) is 0 Å². The Bertz CT molecular complexity index is 314. The van der Waals surface area contributed by atoms with Crippen LogP contribution in [0.1, 0.15) is 39.0 Å². The van der Waals surface area contributed by atoms with Crippen LogP contribution < -0.4 is 0 Å². The van der Waals surface area contributed by atoms with Gasteiger partial charge in [0.05, 0.1) is 0 Å². The molecule has 90 valence electrons. The number of nitrogens with zero attached hydrogens (tertiary/aromatic N) is 1. The van der Waals surface area contributed by atoms with E-state index in [-0.39, 0.29) is 17.1 Å². The van der Waals surface area contributed by atoms with E-state index in [0.29, 0.717) is 0 Å². The van der Waals surface area contributed by atoms with Crippen LogP contribution >= 0.6 is 12.2 Å². The lowest BCUT2D eigenvalue weighted by Crippen LogP contribution is -2.58. The van der Waals surface area contributed by atoms with Crippen molar-refractivity contribution in [3.8, 4) is 0 Å². The van der Waals surface area contributed by atoms with E-state index in [0.717, 1.165) is 25.7 Å². The van der Waals surface area contributed by atoms with E-state index in [4.69, 9.17) is 21.8 Å². The zero-order valence-corrected chi connectivity index (χ0v) is 10.5. The fourth-order valence-electron chi connectivity index (χ4n) is 2.61. The Kier molecular flexibility index (Phi) is 3.06. The number of likely N-dealkylation sites (N-methyl/N-ethyl adjacent to an activating group) is 1. The summed E-state index contributed by atoms with van der Waals surface area (Å²) in [5.74, 6) is 0.117. The lowest BCUT2D eigenvalue weighted by Gasteiger charge is -2.42. The Morgan fingerprint density at radius 1 is 1.38 bits per heavy atom. The van der Waals surface area contributed by atoms with E-state index < -0.39 is 5.60 Å². The van der Waals surface area contributed by atoms with Crippen molar-refractivity contribution >= 4 is 23.4 Å². The molecule has 1 aliphatic carbocycles. The Balaban J connectivity index is 2.19. The fourth-order valence-corrected chi connectivity index (χ4v) is 2.90. The SMILES string of the molecule is CN1OC(=S)OC(C)(C2CCCCC2)C1=O. The zero-order valence-electron chi connectivity index (χ0n) is 9.69. The summed E-state index contributed by atoms with van der Waals surface area (Å²) in [7, 11) is 1.58. The van der Waals surface area contributed by atoms with Gasteiger partial charge in [-0.1, -0.05) is 19.3 Å². The Morgan fingerprint density at radius 3 is 2.62 bits per heavy atom. The molecule has 0 N–H and O–H groups in total. The summed E-state index contributed by atoms with van der Waals surface area (Å²) in [6.45, 7) is 1.83. The second kappa shape index (κ2) is 4.20. The average molecular weight is 243 g/mol. The van der Waals surface area contributed by atoms with Gasteiger partial charge in [-0.2, -0.15) is 5.06 Å². The van der Waals surface area contributed by atoms with Gasteiger partial charge in [0.25, 0.3) is 5.91 Å². The summed E-state index contributed by atoms with van der Waals surface area (Å²) in [5, 5.41) is 1.25. The number of rotatable bonds is 1. The first-order valence-corrected chi connectivity index (χ1v) is 6.14. The molecule has 0 aromatic heterocycles. The molecule has 0 bridgehead atoms. The van der Waals surface area contributed by atoms with E-state index >= 15 is 0 Å². The number of hydrogen-bond donors (Lipinski definition) is 0. The number of thiocarbonyl (C=S) groups is 1. The summed E-state index contributed by atoms with van der Waals surface area (Å²) in [5.41, 5.74) is -0.829. The summed E-state index contributed by atoms with van der Waals surface area (Å²) in [6, 6.07) is 0. The fraction of sp³-hybridized carbons (Fsp3) is 0.818. The predicted molar refractivity (Wildman–Crippen MR) is 62.5 cm³/mol. The predicted octanol–water partition coefficient (Wildman–Crippen LogP) is 2.03. The molecule has 16 heavy (non-hydrogen) atoms. The molecule has 0 radical (unpaired) electrons. The van der Waals surface area contributed by atoms with Crippen LogP contribution in [0.15, 0.2) is 0 Å². The van der Waals surface area contributed by atoms with Gasteiger partial charge in [-0.3, -0.25) is 4.79 Å². The second-order valence-electron chi connectivity index (χ2n) is 4.69. The lowest BCUT2D eigenvalue weighted by atomic mass is 9.77. The highest BCUT2D eigenvalue weighted by Crippen LogP contribution is 2.38. The number of carbonyl (C=O) groups is 1. The van der Waals surface area contributed by atoms with Crippen LogP contribution in [0.25, 0.3) is 0 Å². The molecule has 4 nitrogen and oxygen atoms in total. The minimum Gasteiger partial charge on any atom is -0.438 e. The molecule has 2 rings (SSSR count). The van der Waals surface area contributed by atoms with Crippen molar-refractivity contribution in [2.75, 3.05) is 7.05 Å². The average Bonchev–Trinajstić information content (AvgIpc) is 2.27. The standard InChI is InChI=1S/C11H17NO3S/c1-11(8-6-4-3-5-7-8)9(13)12(2)15-10(16)14-11/h8H,3-7H2,1-2H3. The van der Waals surface area contributed by atoms with Crippen LogP contribution in [0.3, 0.4) is 0 Å².